The predicted molar refractivity (Wildman–Crippen MR) is 166 cm³/mol. The molecule has 238 valence electrons. The molecule has 5 rings (SSSR count). The minimum absolute atomic E-state index is 0.0239. The zero-order valence-electron chi connectivity index (χ0n) is 26.7. The number of nitrogens with zero attached hydrogens (tertiary/aromatic N) is 3. The molecule has 8 nitrogen and oxygen atoms in total. The number of nitrogens with one attached hydrogen (secondary N) is 2. The van der Waals surface area contributed by atoms with E-state index in [9.17, 15) is 18.8 Å². The molecule has 3 aliphatic heterocycles. The summed E-state index contributed by atoms with van der Waals surface area (Å²) in [5.41, 5.74) is 0.539. The first-order valence-corrected chi connectivity index (χ1v) is 16.6. The van der Waals surface area contributed by atoms with Gasteiger partial charge in [-0.2, -0.15) is 0 Å². The second kappa shape index (κ2) is 13.1. The molecule has 4 amide bonds. The molecule has 2 unspecified atom stereocenters. The number of rotatable bonds is 7. The summed E-state index contributed by atoms with van der Waals surface area (Å²) in [6.45, 7) is 12.2. The molecule has 3 atom stereocenters. The van der Waals surface area contributed by atoms with Crippen molar-refractivity contribution in [1.82, 2.24) is 25.3 Å². The summed E-state index contributed by atoms with van der Waals surface area (Å²) >= 11 is 0. The van der Waals surface area contributed by atoms with E-state index in [1.165, 1.54) is 44.2 Å². The van der Waals surface area contributed by atoms with Gasteiger partial charge in [0.1, 0.15) is 11.9 Å². The highest BCUT2D eigenvalue weighted by Gasteiger charge is 2.48. The number of amides is 4. The Bertz CT molecular complexity index is 1130. The molecule has 2 N–H and O–H groups in total. The number of carbonyl (C=O) groups excluding carboxylic acids is 3. The van der Waals surface area contributed by atoms with Crippen LogP contribution in [0.25, 0.3) is 0 Å². The first-order chi connectivity index (χ1) is 20.5. The number of piperazine rings is 1. The van der Waals surface area contributed by atoms with E-state index in [4.69, 9.17) is 0 Å². The fourth-order valence-corrected chi connectivity index (χ4v) is 8.17. The van der Waals surface area contributed by atoms with Gasteiger partial charge in [0, 0.05) is 63.2 Å². The molecule has 3 saturated heterocycles. The number of benzene rings is 1. The van der Waals surface area contributed by atoms with Crippen LogP contribution in [0.15, 0.2) is 24.3 Å². The molecule has 0 radical (unpaired) electrons. The van der Waals surface area contributed by atoms with E-state index in [1.54, 1.807) is 17.0 Å². The van der Waals surface area contributed by atoms with Crippen molar-refractivity contribution < 1.29 is 18.8 Å². The first kappa shape index (κ1) is 31.7. The molecule has 4 fully saturated rings. The van der Waals surface area contributed by atoms with Gasteiger partial charge < -0.3 is 25.3 Å². The lowest BCUT2D eigenvalue weighted by molar-refractivity contribution is -0.141. The third kappa shape index (κ3) is 7.35. The van der Waals surface area contributed by atoms with Gasteiger partial charge in [0.05, 0.1) is 0 Å². The standard InChI is InChI=1S/C34H52FN5O3/c1-24-21-40(22-25(2)36-24)32(43)37-29(20-26-10-12-28(35)13-11-26)30(41)38-18-15-34(16-19-38,27-8-6-5-7-9-27)23-39-17-14-33(3,4)31(39)42/h10-13,24-25,27,29,36H,5-9,14-23H2,1-4H3,(H,37,43)/t24?,25?,29-/m1/s1. The highest BCUT2D eigenvalue weighted by Crippen LogP contribution is 2.48. The van der Waals surface area contributed by atoms with Gasteiger partial charge in [0.2, 0.25) is 11.8 Å². The molecular weight excluding hydrogens is 545 g/mol. The fraction of sp³-hybridized carbons (Fsp3) is 0.735. The van der Waals surface area contributed by atoms with E-state index < -0.39 is 6.04 Å². The van der Waals surface area contributed by atoms with E-state index in [2.05, 4.69) is 43.2 Å². The summed E-state index contributed by atoms with van der Waals surface area (Å²) < 4.78 is 13.7. The molecule has 1 aliphatic carbocycles. The topological polar surface area (TPSA) is 85.0 Å². The Labute approximate surface area is 257 Å². The van der Waals surface area contributed by atoms with Crippen LogP contribution in [0, 0.1) is 22.6 Å². The van der Waals surface area contributed by atoms with Crippen molar-refractivity contribution in [1.29, 1.82) is 0 Å². The van der Waals surface area contributed by atoms with Gasteiger partial charge in [-0.15, -0.1) is 0 Å². The van der Waals surface area contributed by atoms with Crippen LogP contribution >= 0.6 is 0 Å². The summed E-state index contributed by atoms with van der Waals surface area (Å²) in [7, 11) is 0. The predicted octanol–water partition coefficient (Wildman–Crippen LogP) is 4.58. The number of hydrogen-bond donors (Lipinski definition) is 2. The van der Waals surface area contributed by atoms with E-state index >= 15 is 0 Å². The number of hydrogen-bond acceptors (Lipinski definition) is 4. The Hall–Kier alpha value is -2.68. The van der Waals surface area contributed by atoms with Gasteiger partial charge in [0.25, 0.3) is 0 Å². The number of halogens is 1. The highest BCUT2D eigenvalue weighted by atomic mass is 19.1. The lowest BCUT2D eigenvalue weighted by Crippen LogP contribution is -2.61. The van der Waals surface area contributed by atoms with E-state index in [0.717, 1.165) is 37.9 Å². The number of urea groups is 1. The van der Waals surface area contributed by atoms with Crippen LogP contribution in [0.3, 0.4) is 0 Å². The third-order valence-corrected chi connectivity index (χ3v) is 10.7. The number of likely N-dealkylation sites (tertiary alicyclic amines) is 2. The lowest BCUT2D eigenvalue weighted by atomic mass is 9.63. The van der Waals surface area contributed by atoms with Crippen LogP contribution in [-0.2, 0) is 16.0 Å². The Kier molecular flexibility index (Phi) is 9.69. The van der Waals surface area contributed by atoms with Crippen molar-refractivity contribution in [2.45, 2.75) is 104 Å². The van der Waals surface area contributed by atoms with Crippen LogP contribution in [0.4, 0.5) is 9.18 Å². The van der Waals surface area contributed by atoms with E-state index in [-0.39, 0.29) is 46.6 Å². The summed E-state index contributed by atoms with van der Waals surface area (Å²) in [5.74, 6) is 0.431. The van der Waals surface area contributed by atoms with Crippen LogP contribution in [0.5, 0.6) is 0 Å². The summed E-state index contributed by atoms with van der Waals surface area (Å²) in [6.07, 6.45) is 9.11. The average molecular weight is 598 g/mol. The van der Waals surface area contributed by atoms with Gasteiger partial charge in [-0.3, -0.25) is 9.59 Å². The van der Waals surface area contributed by atoms with Crippen molar-refractivity contribution in [2.24, 2.45) is 16.7 Å². The van der Waals surface area contributed by atoms with Gasteiger partial charge >= 0.3 is 6.03 Å². The highest BCUT2D eigenvalue weighted by molar-refractivity contribution is 5.87. The third-order valence-electron chi connectivity index (χ3n) is 10.7. The maximum absolute atomic E-state index is 14.1. The molecule has 1 aromatic rings. The van der Waals surface area contributed by atoms with Crippen molar-refractivity contribution >= 4 is 17.8 Å². The quantitative estimate of drug-likeness (QED) is 0.482. The number of carbonyl (C=O) groups is 3. The summed E-state index contributed by atoms with van der Waals surface area (Å²) in [6, 6.07) is 5.56. The van der Waals surface area contributed by atoms with Crippen molar-refractivity contribution in [3.8, 4) is 0 Å². The normalized spacial score (nSPS) is 26.8. The zero-order valence-corrected chi connectivity index (χ0v) is 26.7. The SMILES string of the molecule is CC1CN(C(=O)N[C@H](Cc2ccc(F)cc2)C(=O)N2CCC(CN3CCC(C)(C)C3=O)(C3CCCCC3)CC2)CC(C)N1. The van der Waals surface area contributed by atoms with Crippen molar-refractivity contribution in [3.05, 3.63) is 35.6 Å². The molecular formula is C34H52FN5O3. The van der Waals surface area contributed by atoms with Gasteiger partial charge in [-0.05, 0) is 75.0 Å². The smallest absolute Gasteiger partial charge is 0.318 e. The zero-order chi connectivity index (χ0) is 30.8. The molecule has 0 bridgehead atoms. The largest absolute Gasteiger partial charge is 0.342 e. The number of piperidine rings is 1. The van der Waals surface area contributed by atoms with Gasteiger partial charge in [-0.25, -0.2) is 9.18 Å². The van der Waals surface area contributed by atoms with Crippen LogP contribution in [0.2, 0.25) is 0 Å². The van der Waals surface area contributed by atoms with E-state index in [0.29, 0.717) is 38.5 Å². The molecule has 1 saturated carbocycles. The van der Waals surface area contributed by atoms with Crippen LogP contribution < -0.4 is 10.6 Å². The molecule has 3 heterocycles. The van der Waals surface area contributed by atoms with Crippen LogP contribution in [0.1, 0.15) is 84.6 Å². The molecule has 1 aromatic carbocycles. The average Bonchev–Trinajstić information content (AvgIpc) is 3.24. The first-order valence-electron chi connectivity index (χ1n) is 16.6. The fourth-order valence-electron chi connectivity index (χ4n) is 8.17. The second-order valence-corrected chi connectivity index (χ2v) is 14.6. The van der Waals surface area contributed by atoms with Crippen molar-refractivity contribution in [2.75, 3.05) is 39.3 Å². The van der Waals surface area contributed by atoms with Crippen LogP contribution in [-0.4, -0.2) is 89.9 Å². The minimum atomic E-state index is -0.735. The Morgan fingerprint density at radius 3 is 2.16 bits per heavy atom. The van der Waals surface area contributed by atoms with E-state index in [1.807, 2.05) is 4.90 Å². The Morgan fingerprint density at radius 1 is 0.953 bits per heavy atom. The molecule has 43 heavy (non-hydrogen) atoms. The molecule has 0 aromatic heterocycles. The monoisotopic (exact) mass is 597 g/mol. The Balaban J connectivity index is 1.31. The molecule has 9 heteroatoms. The minimum Gasteiger partial charge on any atom is -0.342 e. The van der Waals surface area contributed by atoms with Crippen molar-refractivity contribution in [3.63, 3.8) is 0 Å². The van der Waals surface area contributed by atoms with Gasteiger partial charge in [-0.1, -0.05) is 45.2 Å². The lowest BCUT2D eigenvalue weighted by Gasteiger charge is -2.50. The molecule has 4 aliphatic rings. The second-order valence-electron chi connectivity index (χ2n) is 14.6. The molecule has 0 spiro atoms. The summed E-state index contributed by atoms with van der Waals surface area (Å²) in [4.78, 5) is 46.6. The van der Waals surface area contributed by atoms with Gasteiger partial charge in [0.15, 0.2) is 0 Å². The maximum Gasteiger partial charge on any atom is 0.318 e. The maximum atomic E-state index is 14.1. The summed E-state index contributed by atoms with van der Waals surface area (Å²) in [5, 5.41) is 6.51. The Morgan fingerprint density at radius 2 is 1.58 bits per heavy atom.